The van der Waals surface area contributed by atoms with Crippen molar-refractivity contribution in [1.29, 1.82) is 0 Å². The normalized spacial score (nSPS) is 11.8. The van der Waals surface area contributed by atoms with E-state index in [1.807, 2.05) is 43.3 Å². The molecule has 0 spiro atoms. The van der Waals surface area contributed by atoms with Gasteiger partial charge in [-0.2, -0.15) is 0 Å². The van der Waals surface area contributed by atoms with Crippen molar-refractivity contribution in [2.45, 2.75) is 39.3 Å². The largest absolute Gasteiger partial charge is 0.355 e. The molecule has 4 nitrogen and oxygen atoms in total. The van der Waals surface area contributed by atoms with E-state index in [0.29, 0.717) is 31.0 Å². The van der Waals surface area contributed by atoms with Gasteiger partial charge < -0.3 is 10.2 Å². The molecule has 3 aromatic rings. The van der Waals surface area contributed by atoms with Crippen LogP contribution in [0.25, 0.3) is 10.8 Å². The molecular formula is C25H27ClN2O2. The first-order valence-corrected chi connectivity index (χ1v) is 10.7. The highest BCUT2D eigenvalue weighted by Crippen LogP contribution is 2.21. The molecule has 5 heteroatoms. The van der Waals surface area contributed by atoms with Crippen LogP contribution in [0.4, 0.5) is 0 Å². The molecule has 2 amide bonds. The maximum absolute atomic E-state index is 13.2. The number of aryl methyl sites for hydroxylation is 1. The molecule has 1 N–H and O–H groups in total. The van der Waals surface area contributed by atoms with Crippen LogP contribution in [-0.4, -0.2) is 29.3 Å². The van der Waals surface area contributed by atoms with Crippen molar-refractivity contribution in [3.63, 3.8) is 0 Å². The molecule has 0 aromatic heterocycles. The van der Waals surface area contributed by atoms with Gasteiger partial charge in [0.1, 0.15) is 6.04 Å². The zero-order valence-corrected chi connectivity index (χ0v) is 18.2. The molecule has 0 saturated heterocycles. The predicted molar refractivity (Wildman–Crippen MR) is 122 cm³/mol. The van der Waals surface area contributed by atoms with E-state index in [4.69, 9.17) is 11.6 Å². The number of hydrogen-bond donors (Lipinski definition) is 1. The number of nitrogens with zero attached hydrogens (tertiary/aromatic N) is 1. The van der Waals surface area contributed by atoms with Gasteiger partial charge in [-0.3, -0.25) is 9.59 Å². The van der Waals surface area contributed by atoms with E-state index >= 15 is 0 Å². The van der Waals surface area contributed by atoms with E-state index in [0.717, 1.165) is 21.9 Å². The number of benzene rings is 3. The van der Waals surface area contributed by atoms with Crippen LogP contribution in [0.3, 0.4) is 0 Å². The standard InChI is InChI=1S/C25H27ClN2O2/c1-3-27-25(30)18(2)28(17-19-8-6-12-22(26)16-19)24(29)15-14-21-11-7-10-20-9-4-5-13-23(20)21/h4-13,16,18H,3,14-15,17H2,1-2H3,(H,27,30)/t18-/m1/s1. The lowest BCUT2D eigenvalue weighted by molar-refractivity contribution is -0.140. The van der Waals surface area contributed by atoms with Crippen molar-refractivity contribution in [2.75, 3.05) is 6.54 Å². The summed E-state index contributed by atoms with van der Waals surface area (Å²) in [6.45, 7) is 4.51. The summed E-state index contributed by atoms with van der Waals surface area (Å²) in [5, 5.41) is 5.75. The Kier molecular flexibility index (Phi) is 7.47. The van der Waals surface area contributed by atoms with Crippen LogP contribution in [-0.2, 0) is 22.6 Å². The minimum absolute atomic E-state index is 0.0540. The van der Waals surface area contributed by atoms with Gasteiger partial charge in [0.2, 0.25) is 11.8 Å². The summed E-state index contributed by atoms with van der Waals surface area (Å²) in [6, 6.07) is 21.2. The van der Waals surface area contributed by atoms with Crippen molar-refractivity contribution in [3.05, 3.63) is 82.9 Å². The third kappa shape index (κ3) is 5.39. The summed E-state index contributed by atoms with van der Waals surface area (Å²) < 4.78 is 0. The fourth-order valence-electron chi connectivity index (χ4n) is 3.63. The molecule has 0 saturated carbocycles. The molecule has 0 aliphatic carbocycles. The zero-order valence-electron chi connectivity index (χ0n) is 17.4. The summed E-state index contributed by atoms with van der Waals surface area (Å²) in [5.74, 6) is -0.209. The number of fused-ring (bicyclic) bond motifs is 1. The fraction of sp³-hybridized carbons (Fsp3) is 0.280. The Morgan fingerprint density at radius 2 is 1.77 bits per heavy atom. The van der Waals surface area contributed by atoms with Crippen molar-refractivity contribution in [3.8, 4) is 0 Å². The van der Waals surface area contributed by atoms with E-state index in [9.17, 15) is 9.59 Å². The Hall–Kier alpha value is -2.85. The molecule has 0 radical (unpaired) electrons. The maximum atomic E-state index is 13.2. The van der Waals surface area contributed by atoms with Gasteiger partial charge in [0.05, 0.1) is 0 Å². The Bertz CT molecular complexity index is 1030. The number of rotatable bonds is 8. The maximum Gasteiger partial charge on any atom is 0.242 e. The molecule has 0 unspecified atom stereocenters. The lowest BCUT2D eigenvalue weighted by Crippen LogP contribution is -2.47. The molecule has 0 aliphatic rings. The lowest BCUT2D eigenvalue weighted by atomic mass is 10.0. The summed E-state index contributed by atoms with van der Waals surface area (Å²) in [6.07, 6.45) is 0.951. The van der Waals surface area contributed by atoms with E-state index in [1.165, 1.54) is 0 Å². The van der Waals surface area contributed by atoms with Crippen molar-refractivity contribution in [1.82, 2.24) is 10.2 Å². The summed E-state index contributed by atoms with van der Waals surface area (Å²) in [5.41, 5.74) is 2.03. The third-order valence-corrected chi connectivity index (χ3v) is 5.48. The minimum Gasteiger partial charge on any atom is -0.355 e. The SMILES string of the molecule is CCNC(=O)[C@@H](C)N(Cc1cccc(Cl)c1)C(=O)CCc1cccc2ccccc12. The van der Waals surface area contributed by atoms with Crippen LogP contribution < -0.4 is 5.32 Å². The number of hydrogen-bond acceptors (Lipinski definition) is 2. The molecule has 0 fully saturated rings. The first kappa shape index (κ1) is 21.8. The zero-order chi connectivity index (χ0) is 21.5. The first-order chi connectivity index (χ1) is 14.5. The van der Waals surface area contributed by atoms with E-state index in [2.05, 4.69) is 29.6 Å². The van der Waals surface area contributed by atoms with Gasteiger partial charge in [-0.25, -0.2) is 0 Å². The third-order valence-electron chi connectivity index (χ3n) is 5.25. The number of carbonyl (C=O) groups excluding carboxylic acids is 2. The average Bonchev–Trinajstić information content (AvgIpc) is 2.75. The highest BCUT2D eigenvalue weighted by Gasteiger charge is 2.25. The second kappa shape index (κ2) is 10.3. The molecule has 0 bridgehead atoms. The molecule has 0 aliphatic heterocycles. The van der Waals surface area contributed by atoms with Gasteiger partial charge in [0, 0.05) is 24.5 Å². The Labute approximate surface area is 182 Å². The molecule has 1 atom stereocenters. The van der Waals surface area contributed by atoms with Crippen molar-refractivity contribution < 1.29 is 9.59 Å². The number of nitrogens with one attached hydrogen (secondary N) is 1. The number of amides is 2. The van der Waals surface area contributed by atoms with Gasteiger partial charge in [0.15, 0.2) is 0 Å². The first-order valence-electron chi connectivity index (χ1n) is 10.3. The monoisotopic (exact) mass is 422 g/mol. The van der Waals surface area contributed by atoms with Crippen LogP contribution >= 0.6 is 11.6 Å². The van der Waals surface area contributed by atoms with Crippen LogP contribution in [0.1, 0.15) is 31.4 Å². The van der Waals surface area contributed by atoms with Crippen LogP contribution in [0.5, 0.6) is 0 Å². The van der Waals surface area contributed by atoms with Gasteiger partial charge in [0.25, 0.3) is 0 Å². The van der Waals surface area contributed by atoms with E-state index in [-0.39, 0.29) is 11.8 Å². The highest BCUT2D eigenvalue weighted by atomic mass is 35.5. The number of halogens is 1. The summed E-state index contributed by atoms with van der Waals surface area (Å²) in [4.78, 5) is 27.3. The van der Waals surface area contributed by atoms with Gasteiger partial charge >= 0.3 is 0 Å². The second-order valence-electron chi connectivity index (χ2n) is 7.36. The molecule has 3 rings (SSSR count). The molecule has 30 heavy (non-hydrogen) atoms. The molecule has 0 heterocycles. The predicted octanol–water partition coefficient (Wildman–Crippen LogP) is 4.98. The van der Waals surface area contributed by atoms with Gasteiger partial charge in [-0.05, 0) is 54.3 Å². The topological polar surface area (TPSA) is 49.4 Å². The van der Waals surface area contributed by atoms with Gasteiger partial charge in [-0.15, -0.1) is 0 Å². The van der Waals surface area contributed by atoms with E-state index < -0.39 is 6.04 Å². The fourth-order valence-corrected chi connectivity index (χ4v) is 3.85. The van der Waals surface area contributed by atoms with Crippen LogP contribution in [0.15, 0.2) is 66.7 Å². The highest BCUT2D eigenvalue weighted by molar-refractivity contribution is 6.30. The Morgan fingerprint density at radius 1 is 1.03 bits per heavy atom. The smallest absolute Gasteiger partial charge is 0.242 e. The van der Waals surface area contributed by atoms with Crippen LogP contribution in [0, 0.1) is 0 Å². The Morgan fingerprint density at radius 3 is 2.53 bits per heavy atom. The lowest BCUT2D eigenvalue weighted by Gasteiger charge is -2.29. The average molecular weight is 423 g/mol. The molecular weight excluding hydrogens is 396 g/mol. The second-order valence-corrected chi connectivity index (χ2v) is 7.80. The molecule has 3 aromatic carbocycles. The molecule has 156 valence electrons. The van der Waals surface area contributed by atoms with Gasteiger partial charge in [-0.1, -0.05) is 66.2 Å². The van der Waals surface area contributed by atoms with E-state index in [1.54, 1.807) is 17.9 Å². The minimum atomic E-state index is -0.566. The summed E-state index contributed by atoms with van der Waals surface area (Å²) in [7, 11) is 0. The van der Waals surface area contributed by atoms with Crippen molar-refractivity contribution in [2.24, 2.45) is 0 Å². The Balaban J connectivity index is 1.79. The van der Waals surface area contributed by atoms with Crippen molar-refractivity contribution >= 4 is 34.2 Å². The quantitative estimate of drug-likeness (QED) is 0.556. The number of carbonyl (C=O) groups is 2. The summed E-state index contributed by atoms with van der Waals surface area (Å²) >= 11 is 6.11. The van der Waals surface area contributed by atoms with Crippen LogP contribution in [0.2, 0.25) is 5.02 Å². The number of likely N-dealkylation sites (N-methyl/N-ethyl adjacent to an activating group) is 1.